The average molecular weight is 220 g/mol. The van der Waals surface area contributed by atoms with Gasteiger partial charge in [0.1, 0.15) is 12.1 Å². The molecule has 0 radical (unpaired) electrons. The van der Waals surface area contributed by atoms with Gasteiger partial charge in [-0.05, 0) is 0 Å². The van der Waals surface area contributed by atoms with Crippen LogP contribution in [0.15, 0.2) is 12.4 Å². The molecule has 1 aromatic rings. The molecule has 0 saturated carbocycles. The lowest BCUT2D eigenvalue weighted by Gasteiger charge is -2.16. The van der Waals surface area contributed by atoms with Crippen molar-refractivity contribution in [2.75, 3.05) is 32.2 Å². The van der Waals surface area contributed by atoms with E-state index in [1.807, 2.05) is 18.0 Å². The Bertz CT molecular complexity index is 361. The van der Waals surface area contributed by atoms with E-state index in [4.69, 9.17) is 10.00 Å². The summed E-state index contributed by atoms with van der Waals surface area (Å²) < 4.78 is 4.99. The standard InChI is InChI=1S/C11H16N4O/c1-15(6-3-5-12)11-8-10(4-7-16-2)13-9-14-11/h8-9H,3-4,6-7H2,1-2H3. The normalized spacial score (nSPS) is 9.81. The summed E-state index contributed by atoms with van der Waals surface area (Å²) >= 11 is 0. The van der Waals surface area contributed by atoms with Crippen LogP contribution < -0.4 is 4.90 Å². The predicted molar refractivity (Wildman–Crippen MR) is 61.1 cm³/mol. The fraction of sp³-hybridized carbons (Fsp3) is 0.545. The zero-order valence-corrected chi connectivity index (χ0v) is 9.68. The number of hydrogen-bond acceptors (Lipinski definition) is 5. The predicted octanol–water partition coefficient (Wildman–Crippen LogP) is 1.02. The minimum atomic E-state index is 0.494. The molecule has 0 unspecified atom stereocenters. The Morgan fingerprint density at radius 3 is 3.00 bits per heavy atom. The maximum absolute atomic E-state index is 8.51. The highest BCUT2D eigenvalue weighted by atomic mass is 16.5. The molecular weight excluding hydrogens is 204 g/mol. The molecular formula is C11H16N4O. The number of rotatable bonds is 6. The molecule has 1 rings (SSSR count). The van der Waals surface area contributed by atoms with Crippen LogP contribution in [-0.4, -0.2) is 37.3 Å². The fourth-order valence-corrected chi connectivity index (χ4v) is 1.27. The highest BCUT2D eigenvalue weighted by Gasteiger charge is 2.03. The van der Waals surface area contributed by atoms with Crippen molar-refractivity contribution in [1.29, 1.82) is 5.26 Å². The van der Waals surface area contributed by atoms with Gasteiger partial charge in [-0.3, -0.25) is 0 Å². The molecule has 0 spiro atoms. The van der Waals surface area contributed by atoms with E-state index in [0.29, 0.717) is 19.6 Å². The monoisotopic (exact) mass is 220 g/mol. The van der Waals surface area contributed by atoms with Crippen molar-refractivity contribution in [3.05, 3.63) is 18.1 Å². The fourth-order valence-electron chi connectivity index (χ4n) is 1.27. The first kappa shape index (κ1) is 12.4. The molecule has 0 aliphatic heterocycles. The molecule has 1 aromatic heterocycles. The smallest absolute Gasteiger partial charge is 0.131 e. The third-order valence-electron chi connectivity index (χ3n) is 2.22. The lowest BCUT2D eigenvalue weighted by Crippen LogP contribution is -2.19. The van der Waals surface area contributed by atoms with Crippen molar-refractivity contribution in [2.45, 2.75) is 12.8 Å². The van der Waals surface area contributed by atoms with Crippen molar-refractivity contribution in [3.63, 3.8) is 0 Å². The Labute approximate surface area is 95.7 Å². The lowest BCUT2D eigenvalue weighted by molar-refractivity contribution is 0.201. The van der Waals surface area contributed by atoms with E-state index in [1.54, 1.807) is 13.4 Å². The number of ether oxygens (including phenoxy) is 1. The quantitative estimate of drug-likeness (QED) is 0.716. The van der Waals surface area contributed by atoms with E-state index in [0.717, 1.165) is 17.9 Å². The van der Waals surface area contributed by atoms with Crippen molar-refractivity contribution in [2.24, 2.45) is 0 Å². The summed E-state index contributed by atoms with van der Waals surface area (Å²) in [6.07, 6.45) is 2.81. The second kappa shape index (κ2) is 6.75. The van der Waals surface area contributed by atoms with Crippen LogP contribution in [0.4, 0.5) is 5.82 Å². The van der Waals surface area contributed by atoms with Gasteiger partial charge in [-0.1, -0.05) is 0 Å². The summed E-state index contributed by atoms with van der Waals surface area (Å²) in [5.41, 5.74) is 0.954. The topological polar surface area (TPSA) is 62.0 Å². The minimum absolute atomic E-state index is 0.494. The number of aromatic nitrogens is 2. The van der Waals surface area contributed by atoms with Crippen molar-refractivity contribution in [3.8, 4) is 6.07 Å². The summed E-state index contributed by atoms with van der Waals surface area (Å²) in [5.74, 6) is 0.844. The largest absolute Gasteiger partial charge is 0.384 e. The van der Waals surface area contributed by atoms with Crippen LogP contribution in [0.25, 0.3) is 0 Å². The van der Waals surface area contributed by atoms with Gasteiger partial charge in [0.25, 0.3) is 0 Å². The Balaban J connectivity index is 2.62. The first-order valence-electron chi connectivity index (χ1n) is 5.16. The van der Waals surface area contributed by atoms with Gasteiger partial charge >= 0.3 is 0 Å². The van der Waals surface area contributed by atoms with E-state index in [2.05, 4.69) is 16.0 Å². The first-order valence-corrected chi connectivity index (χ1v) is 5.16. The summed E-state index contributed by atoms with van der Waals surface area (Å²) in [6.45, 7) is 1.33. The van der Waals surface area contributed by atoms with Crippen molar-refractivity contribution in [1.82, 2.24) is 9.97 Å². The van der Waals surface area contributed by atoms with Gasteiger partial charge in [0.15, 0.2) is 0 Å². The van der Waals surface area contributed by atoms with Crippen molar-refractivity contribution < 1.29 is 4.74 Å². The summed E-state index contributed by atoms with van der Waals surface area (Å²) in [5, 5.41) is 8.51. The third-order valence-corrected chi connectivity index (χ3v) is 2.22. The third kappa shape index (κ3) is 3.83. The lowest BCUT2D eigenvalue weighted by atomic mass is 10.3. The summed E-state index contributed by atoms with van der Waals surface area (Å²) in [7, 11) is 3.58. The maximum Gasteiger partial charge on any atom is 0.131 e. The molecule has 0 amide bonds. The van der Waals surface area contributed by atoms with Gasteiger partial charge in [-0.25, -0.2) is 9.97 Å². The Morgan fingerprint density at radius 2 is 2.31 bits per heavy atom. The van der Waals surface area contributed by atoms with Crippen LogP contribution in [-0.2, 0) is 11.2 Å². The molecule has 0 aromatic carbocycles. The van der Waals surface area contributed by atoms with E-state index in [9.17, 15) is 0 Å². The Hall–Kier alpha value is -1.67. The van der Waals surface area contributed by atoms with Crippen LogP contribution in [0.3, 0.4) is 0 Å². The molecule has 16 heavy (non-hydrogen) atoms. The van der Waals surface area contributed by atoms with Crippen LogP contribution in [0.2, 0.25) is 0 Å². The zero-order valence-electron chi connectivity index (χ0n) is 9.68. The molecule has 0 aliphatic rings. The minimum Gasteiger partial charge on any atom is -0.384 e. The van der Waals surface area contributed by atoms with Gasteiger partial charge in [0, 0.05) is 38.9 Å². The summed E-state index contributed by atoms with van der Waals surface area (Å²) in [6, 6.07) is 4.04. The molecule has 0 atom stereocenters. The Kier molecular flexibility index (Phi) is 5.23. The van der Waals surface area contributed by atoms with Gasteiger partial charge in [0.05, 0.1) is 19.1 Å². The molecule has 5 nitrogen and oxygen atoms in total. The summed E-state index contributed by atoms with van der Waals surface area (Å²) in [4.78, 5) is 10.3. The number of anilines is 1. The number of nitrogens with zero attached hydrogens (tertiary/aromatic N) is 4. The maximum atomic E-state index is 8.51. The van der Waals surface area contributed by atoms with Crippen LogP contribution in [0, 0.1) is 11.3 Å². The molecule has 0 aliphatic carbocycles. The van der Waals surface area contributed by atoms with Gasteiger partial charge in [0.2, 0.25) is 0 Å². The van der Waals surface area contributed by atoms with Gasteiger partial charge < -0.3 is 9.64 Å². The second-order valence-electron chi connectivity index (χ2n) is 3.44. The van der Waals surface area contributed by atoms with Crippen molar-refractivity contribution >= 4 is 5.82 Å². The molecule has 0 saturated heterocycles. The van der Waals surface area contributed by atoms with Crippen LogP contribution >= 0.6 is 0 Å². The average Bonchev–Trinajstić information content (AvgIpc) is 2.33. The zero-order chi connectivity index (χ0) is 11.8. The van der Waals surface area contributed by atoms with E-state index in [-0.39, 0.29) is 0 Å². The highest BCUT2D eigenvalue weighted by molar-refractivity contribution is 5.37. The number of nitriles is 1. The molecule has 86 valence electrons. The number of methoxy groups -OCH3 is 1. The Morgan fingerprint density at radius 1 is 1.50 bits per heavy atom. The van der Waals surface area contributed by atoms with Crippen LogP contribution in [0.1, 0.15) is 12.1 Å². The molecule has 0 N–H and O–H groups in total. The molecule has 1 heterocycles. The first-order chi connectivity index (χ1) is 7.77. The van der Waals surface area contributed by atoms with E-state index < -0.39 is 0 Å². The van der Waals surface area contributed by atoms with E-state index in [1.165, 1.54) is 0 Å². The molecule has 0 fully saturated rings. The van der Waals surface area contributed by atoms with Gasteiger partial charge in [-0.15, -0.1) is 0 Å². The molecule has 0 bridgehead atoms. The second-order valence-corrected chi connectivity index (χ2v) is 3.44. The highest BCUT2D eigenvalue weighted by Crippen LogP contribution is 2.09. The van der Waals surface area contributed by atoms with E-state index >= 15 is 0 Å². The molecule has 5 heteroatoms. The van der Waals surface area contributed by atoms with Crippen LogP contribution in [0.5, 0.6) is 0 Å². The SMILES string of the molecule is COCCc1cc(N(C)CCC#N)ncn1. The number of hydrogen-bond donors (Lipinski definition) is 0. The van der Waals surface area contributed by atoms with Gasteiger partial charge in [-0.2, -0.15) is 5.26 Å².